The molecule has 0 aliphatic rings. The molecular formula is C18H23NO. The van der Waals surface area contributed by atoms with Gasteiger partial charge in [-0.25, -0.2) is 0 Å². The van der Waals surface area contributed by atoms with Crippen LogP contribution in [0.15, 0.2) is 36.4 Å². The van der Waals surface area contributed by atoms with Crippen LogP contribution < -0.4 is 10.5 Å². The Kier molecular flexibility index (Phi) is 4.46. The summed E-state index contributed by atoms with van der Waals surface area (Å²) in [6, 6.07) is 12.5. The van der Waals surface area contributed by atoms with E-state index < -0.39 is 0 Å². The lowest BCUT2D eigenvalue weighted by Gasteiger charge is -2.15. The van der Waals surface area contributed by atoms with Gasteiger partial charge < -0.3 is 10.5 Å². The molecule has 0 aliphatic heterocycles. The van der Waals surface area contributed by atoms with Crippen LogP contribution in [0.5, 0.6) is 5.75 Å². The summed E-state index contributed by atoms with van der Waals surface area (Å²) in [5.74, 6) is 0.891. The van der Waals surface area contributed by atoms with Crippen molar-refractivity contribution < 1.29 is 4.74 Å². The highest BCUT2D eigenvalue weighted by Gasteiger charge is 2.08. The summed E-state index contributed by atoms with van der Waals surface area (Å²) in [5, 5.41) is 0. The molecule has 106 valence electrons. The monoisotopic (exact) mass is 269 g/mol. The molecule has 2 heteroatoms. The highest BCUT2D eigenvalue weighted by molar-refractivity contribution is 5.34. The van der Waals surface area contributed by atoms with Crippen LogP contribution >= 0.6 is 0 Å². The summed E-state index contributed by atoms with van der Waals surface area (Å²) in [7, 11) is 0. The zero-order valence-corrected chi connectivity index (χ0v) is 12.7. The second-order valence-corrected chi connectivity index (χ2v) is 5.66. The first kappa shape index (κ1) is 14.6. The topological polar surface area (TPSA) is 35.2 Å². The Morgan fingerprint density at radius 1 is 0.800 bits per heavy atom. The minimum atomic E-state index is -0.102. The van der Waals surface area contributed by atoms with Gasteiger partial charge in [-0.05, 0) is 56.5 Å². The van der Waals surface area contributed by atoms with E-state index in [0.717, 1.165) is 11.3 Å². The second-order valence-electron chi connectivity index (χ2n) is 5.66. The maximum Gasteiger partial charge on any atom is 0.119 e. The third-order valence-electron chi connectivity index (χ3n) is 3.30. The average Bonchev–Trinajstić information content (AvgIpc) is 2.33. The zero-order chi connectivity index (χ0) is 14.7. The Morgan fingerprint density at radius 2 is 1.25 bits per heavy atom. The van der Waals surface area contributed by atoms with Gasteiger partial charge in [-0.3, -0.25) is 0 Å². The summed E-state index contributed by atoms with van der Waals surface area (Å²) in [5.41, 5.74) is 12.3. The van der Waals surface area contributed by atoms with Crippen LogP contribution in [0.1, 0.15) is 33.9 Å². The Hall–Kier alpha value is -1.80. The molecule has 1 unspecified atom stereocenters. The van der Waals surface area contributed by atoms with Crippen LogP contribution in [-0.2, 0) is 0 Å². The van der Waals surface area contributed by atoms with E-state index in [2.05, 4.69) is 52.0 Å². The third kappa shape index (κ3) is 3.84. The van der Waals surface area contributed by atoms with Crippen molar-refractivity contribution in [1.29, 1.82) is 0 Å². The minimum Gasteiger partial charge on any atom is -0.492 e. The molecule has 2 rings (SSSR count). The average molecular weight is 269 g/mol. The van der Waals surface area contributed by atoms with E-state index in [-0.39, 0.29) is 6.04 Å². The first-order valence-electron chi connectivity index (χ1n) is 6.99. The van der Waals surface area contributed by atoms with E-state index in [1.165, 1.54) is 22.3 Å². The lowest BCUT2D eigenvalue weighted by molar-refractivity contribution is 0.290. The number of nitrogens with two attached hydrogens (primary N) is 1. The molecule has 2 aromatic carbocycles. The van der Waals surface area contributed by atoms with E-state index in [4.69, 9.17) is 10.5 Å². The lowest BCUT2D eigenvalue weighted by Crippen LogP contribution is -2.19. The van der Waals surface area contributed by atoms with Crippen molar-refractivity contribution in [3.05, 3.63) is 64.2 Å². The number of rotatable bonds is 4. The highest BCUT2D eigenvalue weighted by Crippen LogP contribution is 2.19. The Morgan fingerprint density at radius 3 is 1.75 bits per heavy atom. The van der Waals surface area contributed by atoms with Gasteiger partial charge in [0.05, 0.1) is 6.04 Å². The standard InChI is InChI=1S/C18H23NO/c1-12-5-13(2)8-16(7-12)18(19)11-20-17-9-14(3)6-15(4)10-17/h5-10,18H,11,19H2,1-4H3. The van der Waals surface area contributed by atoms with Gasteiger partial charge >= 0.3 is 0 Å². The number of benzene rings is 2. The molecule has 0 spiro atoms. The lowest BCUT2D eigenvalue weighted by atomic mass is 10.0. The molecule has 0 fully saturated rings. The van der Waals surface area contributed by atoms with Crippen LogP contribution in [-0.4, -0.2) is 6.61 Å². The van der Waals surface area contributed by atoms with Crippen molar-refractivity contribution in [2.45, 2.75) is 33.7 Å². The van der Waals surface area contributed by atoms with Crippen molar-refractivity contribution in [2.24, 2.45) is 5.73 Å². The molecule has 0 aromatic heterocycles. The molecule has 2 nitrogen and oxygen atoms in total. The summed E-state index contributed by atoms with van der Waals surface area (Å²) >= 11 is 0. The van der Waals surface area contributed by atoms with Crippen molar-refractivity contribution in [1.82, 2.24) is 0 Å². The molecule has 20 heavy (non-hydrogen) atoms. The second kappa shape index (κ2) is 6.10. The fourth-order valence-corrected chi connectivity index (χ4v) is 2.52. The van der Waals surface area contributed by atoms with Gasteiger partial charge in [0.15, 0.2) is 0 Å². The minimum absolute atomic E-state index is 0.102. The van der Waals surface area contributed by atoms with Crippen LogP contribution in [0, 0.1) is 27.7 Å². The molecular weight excluding hydrogens is 246 g/mol. The van der Waals surface area contributed by atoms with Gasteiger partial charge in [0.2, 0.25) is 0 Å². The van der Waals surface area contributed by atoms with Crippen LogP contribution in [0.3, 0.4) is 0 Å². The Bertz CT molecular complexity index is 564. The number of aryl methyl sites for hydroxylation is 4. The van der Waals surface area contributed by atoms with E-state index in [9.17, 15) is 0 Å². The molecule has 2 aromatic rings. The normalized spacial score (nSPS) is 12.2. The Balaban J connectivity index is 2.06. The number of hydrogen-bond acceptors (Lipinski definition) is 2. The first-order chi connectivity index (χ1) is 9.44. The maximum absolute atomic E-state index is 6.23. The van der Waals surface area contributed by atoms with Crippen LogP contribution in [0.4, 0.5) is 0 Å². The molecule has 0 saturated heterocycles. The molecule has 0 aliphatic carbocycles. The molecule has 0 radical (unpaired) electrons. The first-order valence-corrected chi connectivity index (χ1v) is 6.99. The molecule has 0 amide bonds. The van der Waals surface area contributed by atoms with Gasteiger partial charge in [-0.2, -0.15) is 0 Å². The summed E-state index contributed by atoms with van der Waals surface area (Å²) in [6.45, 7) is 8.82. The van der Waals surface area contributed by atoms with Crippen molar-refractivity contribution >= 4 is 0 Å². The number of ether oxygens (including phenoxy) is 1. The zero-order valence-electron chi connectivity index (χ0n) is 12.7. The fraction of sp³-hybridized carbons (Fsp3) is 0.333. The molecule has 0 heterocycles. The van der Waals surface area contributed by atoms with Gasteiger partial charge in [0.25, 0.3) is 0 Å². The van der Waals surface area contributed by atoms with E-state index in [1.807, 2.05) is 12.1 Å². The molecule has 0 bridgehead atoms. The van der Waals surface area contributed by atoms with Gasteiger partial charge in [-0.1, -0.05) is 35.4 Å². The van der Waals surface area contributed by atoms with Crippen LogP contribution in [0.25, 0.3) is 0 Å². The van der Waals surface area contributed by atoms with E-state index in [1.54, 1.807) is 0 Å². The summed E-state index contributed by atoms with van der Waals surface area (Å²) < 4.78 is 5.84. The molecule has 0 saturated carbocycles. The predicted molar refractivity (Wildman–Crippen MR) is 84.3 cm³/mol. The predicted octanol–water partition coefficient (Wildman–Crippen LogP) is 4.00. The quantitative estimate of drug-likeness (QED) is 0.910. The summed E-state index contributed by atoms with van der Waals surface area (Å²) in [6.07, 6.45) is 0. The van der Waals surface area contributed by atoms with E-state index in [0.29, 0.717) is 6.61 Å². The van der Waals surface area contributed by atoms with E-state index >= 15 is 0 Å². The Labute approximate surface area is 121 Å². The van der Waals surface area contributed by atoms with Crippen LogP contribution in [0.2, 0.25) is 0 Å². The molecule has 1 atom stereocenters. The number of hydrogen-bond donors (Lipinski definition) is 1. The van der Waals surface area contributed by atoms with Gasteiger partial charge in [0, 0.05) is 0 Å². The van der Waals surface area contributed by atoms with Crippen molar-refractivity contribution in [3.63, 3.8) is 0 Å². The maximum atomic E-state index is 6.23. The SMILES string of the molecule is Cc1cc(C)cc(OCC(N)c2cc(C)cc(C)c2)c1. The largest absolute Gasteiger partial charge is 0.492 e. The van der Waals surface area contributed by atoms with Crippen molar-refractivity contribution in [2.75, 3.05) is 6.61 Å². The van der Waals surface area contributed by atoms with Gasteiger partial charge in [0.1, 0.15) is 12.4 Å². The highest BCUT2D eigenvalue weighted by atomic mass is 16.5. The molecule has 2 N–H and O–H groups in total. The summed E-state index contributed by atoms with van der Waals surface area (Å²) in [4.78, 5) is 0. The smallest absolute Gasteiger partial charge is 0.119 e. The third-order valence-corrected chi connectivity index (χ3v) is 3.30. The van der Waals surface area contributed by atoms with Crippen molar-refractivity contribution in [3.8, 4) is 5.75 Å². The van der Waals surface area contributed by atoms with Gasteiger partial charge in [-0.15, -0.1) is 0 Å². The fourth-order valence-electron chi connectivity index (χ4n) is 2.52.